The van der Waals surface area contributed by atoms with Crippen LogP contribution in [-0.2, 0) is 4.74 Å². The van der Waals surface area contributed by atoms with E-state index in [0.29, 0.717) is 0 Å². The summed E-state index contributed by atoms with van der Waals surface area (Å²) in [6.07, 6.45) is 0. The molecule has 0 aromatic carbocycles. The Balaban J connectivity index is 2.79. The van der Waals surface area contributed by atoms with Crippen molar-refractivity contribution in [2.75, 3.05) is 20.3 Å². The SMILES string of the molecule is CCOC(=O)c1nc(C(=O)N(C)C(C)CO)cs1. The molecule has 18 heavy (non-hydrogen) atoms. The number of hydrogen-bond acceptors (Lipinski definition) is 6. The van der Waals surface area contributed by atoms with Gasteiger partial charge in [0, 0.05) is 12.4 Å². The number of ether oxygens (including phenoxy) is 1. The van der Waals surface area contributed by atoms with Gasteiger partial charge in [-0.25, -0.2) is 9.78 Å². The van der Waals surface area contributed by atoms with Crippen molar-refractivity contribution in [3.8, 4) is 0 Å². The molecule has 100 valence electrons. The molecular weight excluding hydrogens is 256 g/mol. The zero-order valence-corrected chi connectivity index (χ0v) is 11.4. The minimum atomic E-state index is -0.528. The zero-order chi connectivity index (χ0) is 13.7. The molecule has 1 aromatic heterocycles. The molecule has 1 N–H and O–H groups in total. The van der Waals surface area contributed by atoms with Crippen LogP contribution >= 0.6 is 11.3 Å². The molecule has 7 heteroatoms. The van der Waals surface area contributed by atoms with Crippen molar-refractivity contribution in [3.63, 3.8) is 0 Å². The third-order valence-corrected chi connectivity index (χ3v) is 3.24. The van der Waals surface area contributed by atoms with Gasteiger partial charge in [-0.1, -0.05) is 0 Å². The quantitative estimate of drug-likeness (QED) is 0.801. The Hall–Kier alpha value is -1.47. The van der Waals surface area contributed by atoms with Crippen LogP contribution < -0.4 is 0 Å². The second-order valence-corrected chi connectivity index (χ2v) is 4.56. The first-order valence-electron chi connectivity index (χ1n) is 5.51. The van der Waals surface area contributed by atoms with Gasteiger partial charge in [0.15, 0.2) is 0 Å². The summed E-state index contributed by atoms with van der Waals surface area (Å²) in [5.41, 5.74) is 0.186. The predicted octanol–water partition coefficient (Wildman–Crippen LogP) is 0.773. The van der Waals surface area contributed by atoms with Crippen molar-refractivity contribution >= 4 is 23.2 Å². The number of likely N-dealkylation sites (N-methyl/N-ethyl adjacent to an activating group) is 1. The minimum absolute atomic E-state index is 0.128. The van der Waals surface area contributed by atoms with Gasteiger partial charge in [-0.3, -0.25) is 4.79 Å². The molecule has 1 rings (SSSR count). The van der Waals surface area contributed by atoms with Crippen LogP contribution in [0.15, 0.2) is 5.38 Å². The maximum atomic E-state index is 11.9. The van der Waals surface area contributed by atoms with Gasteiger partial charge in [-0.15, -0.1) is 11.3 Å². The lowest BCUT2D eigenvalue weighted by atomic mass is 10.3. The molecular formula is C11H16N2O4S. The molecule has 1 aromatic rings. The predicted molar refractivity (Wildman–Crippen MR) is 66.7 cm³/mol. The first-order chi connectivity index (χ1) is 8.51. The number of aliphatic hydroxyl groups is 1. The van der Waals surface area contributed by atoms with E-state index in [0.717, 1.165) is 11.3 Å². The van der Waals surface area contributed by atoms with Crippen molar-refractivity contribution < 1.29 is 19.4 Å². The van der Waals surface area contributed by atoms with E-state index in [1.165, 1.54) is 10.3 Å². The van der Waals surface area contributed by atoms with Gasteiger partial charge >= 0.3 is 5.97 Å². The molecule has 0 saturated carbocycles. The fourth-order valence-electron chi connectivity index (χ4n) is 1.16. The Morgan fingerprint density at radius 3 is 2.83 bits per heavy atom. The number of hydrogen-bond donors (Lipinski definition) is 1. The summed E-state index contributed by atoms with van der Waals surface area (Å²) in [4.78, 5) is 28.7. The maximum absolute atomic E-state index is 11.9. The average molecular weight is 272 g/mol. The third-order valence-electron chi connectivity index (χ3n) is 2.42. The van der Waals surface area contributed by atoms with Crippen molar-refractivity contribution in [2.24, 2.45) is 0 Å². The van der Waals surface area contributed by atoms with Gasteiger partial charge in [0.25, 0.3) is 5.91 Å². The molecule has 0 aliphatic rings. The van der Waals surface area contributed by atoms with E-state index in [4.69, 9.17) is 9.84 Å². The van der Waals surface area contributed by atoms with Crippen LogP contribution in [0.4, 0.5) is 0 Å². The number of carbonyl (C=O) groups is 2. The van der Waals surface area contributed by atoms with Gasteiger partial charge in [-0.2, -0.15) is 0 Å². The van der Waals surface area contributed by atoms with Gasteiger partial charge in [0.2, 0.25) is 5.01 Å². The summed E-state index contributed by atoms with van der Waals surface area (Å²) < 4.78 is 4.79. The van der Waals surface area contributed by atoms with E-state index in [2.05, 4.69) is 4.98 Å². The Kier molecular flexibility index (Phi) is 5.24. The molecule has 0 bridgehead atoms. The Morgan fingerprint density at radius 2 is 2.28 bits per heavy atom. The van der Waals surface area contributed by atoms with Crippen molar-refractivity contribution in [3.05, 3.63) is 16.1 Å². The number of aliphatic hydroxyl groups excluding tert-OH is 1. The highest BCUT2D eigenvalue weighted by molar-refractivity contribution is 7.11. The fraction of sp³-hybridized carbons (Fsp3) is 0.545. The number of thiazole rings is 1. The number of carbonyl (C=O) groups excluding carboxylic acids is 2. The molecule has 1 amide bonds. The van der Waals surface area contributed by atoms with E-state index in [1.54, 1.807) is 20.9 Å². The second-order valence-electron chi connectivity index (χ2n) is 3.71. The third kappa shape index (κ3) is 3.27. The molecule has 1 heterocycles. The second kappa shape index (κ2) is 6.46. The van der Waals surface area contributed by atoms with Crippen LogP contribution in [0.5, 0.6) is 0 Å². The van der Waals surface area contributed by atoms with Crippen molar-refractivity contribution in [1.82, 2.24) is 9.88 Å². The largest absolute Gasteiger partial charge is 0.461 e. The molecule has 0 saturated heterocycles. The molecule has 0 radical (unpaired) electrons. The number of rotatable bonds is 5. The molecule has 1 atom stereocenters. The van der Waals surface area contributed by atoms with Crippen molar-refractivity contribution in [2.45, 2.75) is 19.9 Å². The van der Waals surface area contributed by atoms with E-state index in [1.807, 2.05) is 0 Å². The van der Waals surface area contributed by atoms with Gasteiger partial charge in [-0.05, 0) is 13.8 Å². The highest BCUT2D eigenvalue weighted by Crippen LogP contribution is 2.13. The molecule has 0 aliphatic carbocycles. The van der Waals surface area contributed by atoms with E-state index in [9.17, 15) is 9.59 Å². The summed E-state index contributed by atoms with van der Waals surface area (Å²) in [5, 5.41) is 10.6. The van der Waals surface area contributed by atoms with E-state index >= 15 is 0 Å². The summed E-state index contributed by atoms with van der Waals surface area (Å²) in [7, 11) is 1.58. The average Bonchev–Trinajstić information content (AvgIpc) is 2.86. The van der Waals surface area contributed by atoms with Crippen LogP contribution in [0.1, 0.15) is 34.1 Å². The van der Waals surface area contributed by atoms with Crippen LogP contribution in [0.25, 0.3) is 0 Å². The number of esters is 1. The molecule has 1 unspecified atom stereocenters. The first kappa shape index (κ1) is 14.6. The topological polar surface area (TPSA) is 79.7 Å². The summed E-state index contributed by atoms with van der Waals surface area (Å²) in [6, 6.07) is -0.301. The van der Waals surface area contributed by atoms with Crippen molar-refractivity contribution in [1.29, 1.82) is 0 Å². The highest BCUT2D eigenvalue weighted by atomic mass is 32.1. The molecule has 0 fully saturated rings. The molecule has 0 aliphatic heterocycles. The van der Waals surface area contributed by atoms with Crippen LogP contribution in [0.3, 0.4) is 0 Å². The lowest BCUT2D eigenvalue weighted by Gasteiger charge is -2.21. The van der Waals surface area contributed by atoms with Gasteiger partial charge < -0.3 is 14.7 Å². The van der Waals surface area contributed by atoms with Crippen LogP contribution in [0, 0.1) is 0 Å². The van der Waals surface area contributed by atoms with Gasteiger partial charge in [0.1, 0.15) is 5.69 Å². The lowest BCUT2D eigenvalue weighted by molar-refractivity contribution is 0.0525. The normalized spacial score (nSPS) is 12.0. The van der Waals surface area contributed by atoms with E-state index in [-0.39, 0.29) is 35.9 Å². The number of nitrogens with zero attached hydrogens (tertiary/aromatic N) is 2. The number of amides is 1. The van der Waals surface area contributed by atoms with Gasteiger partial charge in [0.05, 0.1) is 19.3 Å². The van der Waals surface area contributed by atoms with Crippen LogP contribution in [-0.4, -0.2) is 53.2 Å². The van der Waals surface area contributed by atoms with Crippen LogP contribution in [0.2, 0.25) is 0 Å². The number of aromatic nitrogens is 1. The Bertz CT molecular complexity index is 432. The Morgan fingerprint density at radius 1 is 1.61 bits per heavy atom. The Labute approximate surface area is 109 Å². The standard InChI is InChI=1S/C11H16N2O4S/c1-4-17-11(16)9-12-8(6-18-9)10(15)13(3)7(2)5-14/h6-7,14H,4-5H2,1-3H3. The zero-order valence-electron chi connectivity index (χ0n) is 10.5. The van der Waals surface area contributed by atoms with E-state index < -0.39 is 5.97 Å². The summed E-state index contributed by atoms with van der Waals surface area (Å²) in [5.74, 6) is -0.859. The summed E-state index contributed by atoms with van der Waals surface area (Å²) >= 11 is 1.07. The summed E-state index contributed by atoms with van der Waals surface area (Å²) in [6.45, 7) is 3.56. The smallest absolute Gasteiger partial charge is 0.367 e. The fourth-order valence-corrected chi connectivity index (χ4v) is 1.84. The first-order valence-corrected chi connectivity index (χ1v) is 6.39. The highest BCUT2D eigenvalue weighted by Gasteiger charge is 2.21. The lowest BCUT2D eigenvalue weighted by Crippen LogP contribution is -2.37. The minimum Gasteiger partial charge on any atom is -0.461 e. The molecule has 0 spiro atoms. The molecule has 6 nitrogen and oxygen atoms in total. The monoisotopic (exact) mass is 272 g/mol. The maximum Gasteiger partial charge on any atom is 0.367 e.